The summed E-state index contributed by atoms with van der Waals surface area (Å²) >= 11 is 1.32. The molecule has 0 fully saturated rings. The molecule has 1 aromatic carbocycles. The van der Waals surface area contributed by atoms with Crippen molar-refractivity contribution in [1.82, 2.24) is 4.72 Å². The molecule has 2 rings (SSSR count). The number of sulfonamides is 1. The molecule has 1 aromatic heterocycles. The van der Waals surface area contributed by atoms with Crippen LogP contribution in [0.2, 0.25) is 0 Å². The molecule has 0 atom stereocenters. The van der Waals surface area contributed by atoms with E-state index in [1.54, 1.807) is 13.2 Å². The van der Waals surface area contributed by atoms with Crippen LogP contribution in [-0.4, -0.2) is 15.5 Å². The summed E-state index contributed by atoms with van der Waals surface area (Å²) in [6.07, 6.45) is 0.848. The highest BCUT2D eigenvalue weighted by Crippen LogP contribution is 2.22. The lowest BCUT2D eigenvalue weighted by Gasteiger charge is -2.06. The fourth-order valence-corrected chi connectivity index (χ4v) is 4.22. The van der Waals surface area contributed by atoms with Gasteiger partial charge in [0.25, 0.3) is 0 Å². The fraction of sp³-hybridized carbons (Fsp3) is 0.333. The summed E-state index contributed by atoms with van der Waals surface area (Å²) in [6.45, 7) is 2.85. The topological polar surface area (TPSA) is 55.4 Å². The average molecular weight is 325 g/mol. The highest BCUT2D eigenvalue weighted by Gasteiger charge is 2.16. The first kappa shape index (κ1) is 16.2. The normalized spacial score (nSPS) is 11.7. The molecule has 0 aliphatic carbocycles. The molecule has 0 bridgehead atoms. The summed E-state index contributed by atoms with van der Waals surface area (Å²) < 4.78 is 32.4. The molecule has 4 nitrogen and oxygen atoms in total. The lowest BCUT2D eigenvalue weighted by atomic mass is 10.1. The first-order valence-corrected chi connectivity index (χ1v) is 9.00. The molecule has 0 amide bonds. The van der Waals surface area contributed by atoms with Crippen molar-refractivity contribution in [2.45, 2.75) is 30.7 Å². The lowest BCUT2D eigenvalue weighted by Crippen LogP contribution is -2.22. The molecule has 1 heterocycles. The fourth-order valence-electron chi connectivity index (χ4n) is 1.86. The summed E-state index contributed by atoms with van der Waals surface area (Å²) in [7, 11) is -1.78. The minimum atomic E-state index is -3.42. The van der Waals surface area contributed by atoms with Crippen LogP contribution in [-0.2, 0) is 34.3 Å². The Kier molecular flexibility index (Phi) is 5.52. The number of hydrogen-bond acceptors (Lipinski definition) is 4. The van der Waals surface area contributed by atoms with E-state index in [4.69, 9.17) is 4.74 Å². The second kappa shape index (κ2) is 7.17. The van der Waals surface area contributed by atoms with E-state index >= 15 is 0 Å². The second-order valence-electron chi connectivity index (χ2n) is 4.65. The zero-order valence-corrected chi connectivity index (χ0v) is 13.8. The quantitative estimate of drug-likeness (QED) is 0.851. The maximum absolute atomic E-state index is 12.2. The highest BCUT2D eigenvalue weighted by molar-refractivity contribution is 7.91. The Morgan fingerprint density at radius 2 is 1.76 bits per heavy atom. The van der Waals surface area contributed by atoms with Gasteiger partial charge in [-0.25, -0.2) is 13.1 Å². The van der Waals surface area contributed by atoms with Crippen LogP contribution in [0.1, 0.15) is 22.9 Å². The predicted molar refractivity (Wildman–Crippen MR) is 84.9 cm³/mol. The maximum Gasteiger partial charge on any atom is 0.250 e. The number of methoxy groups -OCH3 is 1. The number of rotatable bonds is 7. The summed E-state index contributed by atoms with van der Waals surface area (Å²) in [5.41, 5.74) is 1.99. The molecule has 6 heteroatoms. The Bertz CT molecular complexity index is 675. The van der Waals surface area contributed by atoms with Crippen molar-refractivity contribution in [3.63, 3.8) is 0 Å². The van der Waals surface area contributed by atoms with Gasteiger partial charge in [-0.15, -0.1) is 11.3 Å². The van der Waals surface area contributed by atoms with Crippen LogP contribution in [0.25, 0.3) is 0 Å². The third-order valence-electron chi connectivity index (χ3n) is 3.05. The van der Waals surface area contributed by atoms with Gasteiger partial charge in [-0.1, -0.05) is 31.2 Å². The molecule has 0 aliphatic rings. The molecule has 0 saturated carbocycles. The van der Waals surface area contributed by atoms with Crippen LogP contribution in [0.4, 0.5) is 0 Å². The minimum absolute atomic E-state index is 0.287. The molecule has 0 unspecified atom stereocenters. The van der Waals surface area contributed by atoms with E-state index in [1.807, 2.05) is 37.3 Å². The SMILES string of the molecule is CCc1ccc(S(=O)(=O)NCc2ccc(COC)cc2)s1. The zero-order valence-electron chi connectivity index (χ0n) is 12.1. The third kappa shape index (κ3) is 4.38. The monoisotopic (exact) mass is 325 g/mol. The standard InChI is InChI=1S/C15H19NO3S2/c1-3-14-8-9-15(20-14)21(17,18)16-10-12-4-6-13(7-5-12)11-19-2/h4-9,16H,3,10-11H2,1-2H3. The summed E-state index contributed by atoms with van der Waals surface area (Å²) in [5.74, 6) is 0. The summed E-state index contributed by atoms with van der Waals surface area (Å²) in [5, 5.41) is 0. The number of nitrogens with one attached hydrogen (secondary N) is 1. The van der Waals surface area contributed by atoms with E-state index in [2.05, 4.69) is 4.72 Å². The molecule has 21 heavy (non-hydrogen) atoms. The highest BCUT2D eigenvalue weighted by atomic mass is 32.2. The van der Waals surface area contributed by atoms with Crippen molar-refractivity contribution in [3.05, 3.63) is 52.4 Å². The molecule has 0 radical (unpaired) electrons. The van der Waals surface area contributed by atoms with E-state index in [0.29, 0.717) is 10.8 Å². The number of aryl methyl sites for hydroxylation is 1. The summed E-state index contributed by atoms with van der Waals surface area (Å²) in [4.78, 5) is 1.07. The zero-order chi connectivity index (χ0) is 15.3. The van der Waals surface area contributed by atoms with E-state index in [-0.39, 0.29) is 6.54 Å². The van der Waals surface area contributed by atoms with Crippen molar-refractivity contribution in [1.29, 1.82) is 0 Å². The van der Waals surface area contributed by atoms with Crippen molar-refractivity contribution >= 4 is 21.4 Å². The molecule has 114 valence electrons. The smallest absolute Gasteiger partial charge is 0.250 e. The van der Waals surface area contributed by atoms with Gasteiger partial charge in [-0.2, -0.15) is 0 Å². The van der Waals surface area contributed by atoms with Crippen molar-refractivity contribution in [2.75, 3.05) is 7.11 Å². The maximum atomic E-state index is 12.2. The van der Waals surface area contributed by atoms with Gasteiger partial charge in [-0.05, 0) is 29.7 Å². The number of hydrogen-bond donors (Lipinski definition) is 1. The van der Waals surface area contributed by atoms with E-state index in [1.165, 1.54) is 11.3 Å². The average Bonchev–Trinajstić information content (AvgIpc) is 2.97. The van der Waals surface area contributed by atoms with E-state index in [9.17, 15) is 8.42 Å². The van der Waals surface area contributed by atoms with Gasteiger partial charge >= 0.3 is 0 Å². The third-order valence-corrected chi connectivity index (χ3v) is 6.17. The number of benzene rings is 1. The van der Waals surface area contributed by atoms with Crippen LogP contribution in [0.3, 0.4) is 0 Å². The van der Waals surface area contributed by atoms with Crippen LogP contribution in [0.5, 0.6) is 0 Å². The minimum Gasteiger partial charge on any atom is -0.380 e. The van der Waals surface area contributed by atoms with Crippen LogP contribution >= 0.6 is 11.3 Å². The Labute approximate surface area is 129 Å². The molecule has 1 N–H and O–H groups in total. The molecular formula is C15H19NO3S2. The molecule has 0 aliphatic heterocycles. The summed E-state index contributed by atoms with van der Waals surface area (Å²) in [6, 6.07) is 11.2. The Balaban J connectivity index is 2.01. The van der Waals surface area contributed by atoms with Gasteiger partial charge in [0.2, 0.25) is 10.0 Å². The molecular weight excluding hydrogens is 306 g/mol. The van der Waals surface area contributed by atoms with Gasteiger partial charge in [0.05, 0.1) is 6.61 Å². The van der Waals surface area contributed by atoms with E-state index < -0.39 is 10.0 Å². The van der Waals surface area contributed by atoms with Crippen LogP contribution in [0, 0.1) is 0 Å². The lowest BCUT2D eigenvalue weighted by molar-refractivity contribution is 0.185. The van der Waals surface area contributed by atoms with E-state index in [0.717, 1.165) is 22.4 Å². The Hall–Kier alpha value is -1.21. The largest absolute Gasteiger partial charge is 0.380 e. The van der Waals surface area contributed by atoms with Gasteiger partial charge in [-0.3, -0.25) is 0 Å². The predicted octanol–water partition coefficient (Wildman–Crippen LogP) is 2.94. The van der Waals surface area contributed by atoms with Gasteiger partial charge in [0.15, 0.2) is 0 Å². The van der Waals surface area contributed by atoms with Gasteiger partial charge in [0.1, 0.15) is 4.21 Å². The molecule has 0 saturated heterocycles. The van der Waals surface area contributed by atoms with Gasteiger partial charge in [0, 0.05) is 18.5 Å². The van der Waals surface area contributed by atoms with Crippen molar-refractivity contribution in [2.24, 2.45) is 0 Å². The second-order valence-corrected chi connectivity index (χ2v) is 7.81. The Morgan fingerprint density at radius 1 is 1.10 bits per heavy atom. The first-order chi connectivity index (χ1) is 10.0. The van der Waals surface area contributed by atoms with Crippen molar-refractivity contribution in [3.8, 4) is 0 Å². The van der Waals surface area contributed by atoms with Crippen molar-refractivity contribution < 1.29 is 13.2 Å². The number of thiophene rings is 1. The van der Waals surface area contributed by atoms with Crippen LogP contribution < -0.4 is 4.72 Å². The van der Waals surface area contributed by atoms with Crippen LogP contribution in [0.15, 0.2) is 40.6 Å². The molecule has 0 spiro atoms. The molecule has 2 aromatic rings. The van der Waals surface area contributed by atoms with Gasteiger partial charge < -0.3 is 4.74 Å². The number of ether oxygens (including phenoxy) is 1. The Morgan fingerprint density at radius 3 is 2.33 bits per heavy atom. The first-order valence-electron chi connectivity index (χ1n) is 6.70.